The van der Waals surface area contributed by atoms with Gasteiger partial charge in [0, 0.05) is 11.3 Å². The van der Waals surface area contributed by atoms with Crippen molar-refractivity contribution in [3.05, 3.63) is 36.5 Å². The molecule has 2 nitrogen and oxygen atoms in total. The fraction of sp³-hybridized carbons (Fsp3) is 0.417. The second-order valence-corrected chi connectivity index (χ2v) is 4.56. The van der Waals surface area contributed by atoms with Crippen molar-refractivity contribution in [3.63, 3.8) is 0 Å². The largest absolute Gasteiger partial charge is 0.349 e. The SMILES string of the molecule is C[C@@]12C=CC=C[C@H]3[C@@H](C=C1)NC(=O)[C@@H]32. The Bertz CT molecular complexity index is 380. The first-order valence-electron chi connectivity index (χ1n) is 5.06. The van der Waals surface area contributed by atoms with Gasteiger partial charge in [-0.1, -0.05) is 43.4 Å². The van der Waals surface area contributed by atoms with Gasteiger partial charge >= 0.3 is 0 Å². The standard InChI is InChI=1S/C12H13NO/c1-12-6-3-2-4-8-9(5-7-12)13-11(14)10(8)12/h2-10H,1H3,(H,13,14)/t8-,9+,10+,12+/m0/s1. The monoisotopic (exact) mass is 187 g/mol. The number of hydrogen-bond donors (Lipinski definition) is 1. The third-order valence-corrected chi connectivity index (χ3v) is 3.62. The molecule has 1 N–H and O–H groups in total. The van der Waals surface area contributed by atoms with Gasteiger partial charge in [-0.15, -0.1) is 0 Å². The third kappa shape index (κ3) is 0.834. The van der Waals surface area contributed by atoms with Crippen molar-refractivity contribution < 1.29 is 4.79 Å². The number of hydrogen-bond acceptors (Lipinski definition) is 1. The Morgan fingerprint density at radius 1 is 1.29 bits per heavy atom. The van der Waals surface area contributed by atoms with Gasteiger partial charge in [-0.3, -0.25) is 4.79 Å². The van der Waals surface area contributed by atoms with Gasteiger partial charge in [0.2, 0.25) is 5.91 Å². The van der Waals surface area contributed by atoms with Crippen molar-refractivity contribution in [2.45, 2.75) is 13.0 Å². The van der Waals surface area contributed by atoms with Crippen LogP contribution in [-0.2, 0) is 4.79 Å². The molecule has 0 aromatic heterocycles. The molecule has 0 spiro atoms. The van der Waals surface area contributed by atoms with Crippen molar-refractivity contribution in [3.8, 4) is 0 Å². The van der Waals surface area contributed by atoms with Crippen molar-refractivity contribution in [1.82, 2.24) is 5.32 Å². The molecule has 3 aliphatic rings. The van der Waals surface area contributed by atoms with Crippen LogP contribution in [0.2, 0.25) is 0 Å². The van der Waals surface area contributed by atoms with Crippen LogP contribution in [0.4, 0.5) is 0 Å². The van der Waals surface area contributed by atoms with Gasteiger partial charge in [-0.05, 0) is 0 Å². The topological polar surface area (TPSA) is 29.1 Å². The molecule has 3 rings (SSSR count). The first-order valence-corrected chi connectivity index (χ1v) is 5.06. The number of amides is 1. The maximum absolute atomic E-state index is 11.8. The second kappa shape index (κ2) is 2.38. The van der Waals surface area contributed by atoms with Crippen molar-refractivity contribution in [1.29, 1.82) is 0 Å². The third-order valence-electron chi connectivity index (χ3n) is 3.62. The van der Waals surface area contributed by atoms with Gasteiger partial charge in [-0.25, -0.2) is 0 Å². The number of carbonyl (C=O) groups excluding carboxylic acids is 1. The van der Waals surface area contributed by atoms with Crippen LogP contribution in [0.15, 0.2) is 36.5 Å². The molecule has 14 heavy (non-hydrogen) atoms. The van der Waals surface area contributed by atoms with Gasteiger partial charge in [0.1, 0.15) is 0 Å². The zero-order valence-electron chi connectivity index (χ0n) is 8.10. The summed E-state index contributed by atoms with van der Waals surface area (Å²) in [6.07, 6.45) is 12.7. The van der Waals surface area contributed by atoms with E-state index in [4.69, 9.17) is 0 Å². The summed E-state index contributed by atoms with van der Waals surface area (Å²) in [7, 11) is 0. The van der Waals surface area contributed by atoms with E-state index in [1.54, 1.807) is 0 Å². The van der Waals surface area contributed by atoms with Crippen LogP contribution in [0.25, 0.3) is 0 Å². The van der Waals surface area contributed by atoms with E-state index in [0.29, 0.717) is 5.92 Å². The Balaban J connectivity index is 2.20. The highest BCUT2D eigenvalue weighted by Gasteiger charge is 2.51. The van der Waals surface area contributed by atoms with E-state index in [2.05, 4.69) is 48.7 Å². The van der Waals surface area contributed by atoms with Gasteiger partial charge in [0.15, 0.2) is 0 Å². The Morgan fingerprint density at radius 2 is 2.14 bits per heavy atom. The summed E-state index contributed by atoms with van der Waals surface area (Å²) in [6, 6.07) is 0.219. The van der Waals surface area contributed by atoms with Gasteiger partial charge in [0.25, 0.3) is 0 Å². The lowest BCUT2D eigenvalue weighted by molar-refractivity contribution is -0.124. The minimum atomic E-state index is -0.0920. The van der Waals surface area contributed by atoms with E-state index in [-0.39, 0.29) is 23.3 Å². The zero-order chi connectivity index (χ0) is 9.76. The van der Waals surface area contributed by atoms with E-state index in [1.807, 2.05) is 0 Å². The Labute approximate surface area is 83.4 Å². The average molecular weight is 187 g/mol. The summed E-state index contributed by atoms with van der Waals surface area (Å²) < 4.78 is 0. The van der Waals surface area contributed by atoms with Gasteiger partial charge < -0.3 is 5.32 Å². The lowest BCUT2D eigenvalue weighted by Gasteiger charge is -2.33. The second-order valence-electron chi connectivity index (χ2n) is 4.56. The maximum atomic E-state index is 11.8. The van der Waals surface area contributed by atoms with Crippen LogP contribution >= 0.6 is 0 Å². The molecule has 0 saturated carbocycles. The fourth-order valence-corrected chi connectivity index (χ4v) is 2.87. The number of nitrogens with one attached hydrogen (secondary N) is 1. The minimum Gasteiger partial charge on any atom is -0.349 e. The first kappa shape index (κ1) is 8.04. The zero-order valence-corrected chi connectivity index (χ0v) is 8.10. The molecule has 1 fully saturated rings. The predicted octanol–water partition coefficient (Wildman–Crippen LogP) is 1.42. The van der Waals surface area contributed by atoms with Crippen LogP contribution in [0.3, 0.4) is 0 Å². The normalized spacial score (nSPS) is 47.8. The fourth-order valence-electron chi connectivity index (χ4n) is 2.87. The van der Waals surface area contributed by atoms with Crippen LogP contribution in [-0.4, -0.2) is 11.9 Å². The molecule has 1 saturated heterocycles. The molecule has 0 unspecified atom stereocenters. The molecule has 72 valence electrons. The molecule has 2 heteroatoms. The molecular formula is C12H13NO. The average Bonchev–Trinajstić information content (AvgIpc) is 2.31. The molecule has 2 aliphatic carbocycles. The van der Waals surface area contributed by atoms with E-state index in [9.17, 15) is 4.79 Å². The molecule has 1 aliphatic heterocycles. The molecule has 0 aromatic carbocycles. The number of carbonyl (C=O) groups is 1. The highest BCUT2D eigenvalue weighted by atomic mass is 16.2. The summed E-state index contributed by atoms with van der Waals surface area (Å²) in [4.78, 5) is 11.8. The van der Waals surface area contributed by atoms with Gasteiger partial charge in [-0.2, -0.15) is 0 Å². The Kier molecular flexibility index (Phi) is 1.37. The van der Waals surface area contributed by atoms with E-state index in [1.165, 1.54) is 0 Å². The molecule has 4 atom stereocenters. The van der Waals surface area contributed by atoms with Crippen LogP contribution < -0.4 is 5.32 Å². The van der Waals surface area contributed by atoms with Crippen LogP contribution in [0.5, 0.6) is 0 Å². The highest BCUT2D eigenvalue weighted by Crippen LogP contribution is 2.46. The molecule has 1 heterocycles. The summed E-state index contributed by atoms with van der Waals surface area (Å²) in [5.74, 6) is 0.628. The highest BCUT2D eigenvalue weighted by molar-refractivity contribution is 5.85. The summed E-state index contributed by atoms with van der Waals surface area (Å²) in [6.45, 7) is 2.13. The summed E-state index contributed by atoms with van der Waals surface area (Å²) in [5, 5.41) is 3.03. The Morgan fingerprint density at radius 3 is 3.00 bits per heavy atom. The number of allylic oxidation sites excluding steroid dienone is 4. The molecule has 1 amide bonds. The quantitative estimate of drug-likeness (QED) is 0.571. The molecule has 4 bridgehead atoms. The molecular weight excluding hydrogens is 174 g/mol. The predicted molar refractivity (Wildman–Crippen MR) is 54.4 cm³/mol. The number of rotatable bonds is 0. The van der Waals surface area contributed by atoms with Crippen molar-refractivity contribution >= 4 is 5.91 Å². The van der Waals surface area contributed by atoms with E-state index in [0.717, 1.165) is 0 Å². The lowest BCUT2D eigenvalue weighted by Crippen LogP contribution is -2.34. The summed E-state index contributed by atoms with van der Waals surface area (Å²) in [5.41, 5.74) is -0.0920. The summed E-state index contributed by atoms with van der Waals surface area (Å²) >= 11 is 0. The van der Waals surface area contributed by atoms with Crippen molar-refractivity contribution in [2.24, 2.45) is 17.3 Å². The maximum Gasteiger partial charge on any atom is 0.225 e. The van der Waals surface area contributed by atoms with Crippen LogP contribution in [0, 0.1) is 17.3 Å². The molecule has 0 radical (unpaired) electrons. The molecule has 0 aromatic rings. The van der Waals surface area contributed by atoms with E-state index < -0.39 is 0 Å². The van der Waals surface area contributed by atoms with Crippen LogP contribution in [0.1, 0.15) is 6.92 Å². The van der Waals surface area contributed by atoms with Gasteiger partial charge in [0.05, 0.1) is 12.0 Å². The lowest BCUT2D eigenvalue weighted by atomic mass is 9.67. The minimum absolute atomic E-state index is 0.0903. The van der Waals surface area contributed by atoms with Crippen molar-refractivity contribution in [2.75, 3.05) is 0 Å². The smallest absolute Gasteiger partial charge is 0.225 e. The van der Waals surface area contributed by atoms with E-state index >= 15 is 0 Å². The Hall–Kier alpha value is -1.31. The first-order chi connectivity index (χ1) is 6.71.